The maximum Gasteiger partial charge on any atom is 0.277 e. The number of carbonyl (C=O) groups excluding carboxylic acids is 1. The number of para-hydroxylation sites is 1. The van der Waals surface area contributed by atoms with Crippen molar-refractivity contribution in [2.24, 2.45) is 0 Å². The number of benzene rings is 2. The van der Waals surface area contributed by atoms with E-state index in [9.17, 15) is 4.79 Å². The van der Waals surface area contributed by atoms with Gasteiger partial charge >= 0.3 is 0 Å². The van der Waals surface area contributed by atoms with E-state index < -0.39 is 5.25 Å². The predicted molar refractivity (Wildman–Crippen MR) is 107 cm³/mol. The fourth-order valence-electron chi connectivity index (χ4n) is 2.80. The molecule has 1 heterocycles. The molecule has 0 radical (unpaired) electrons. The van der Waals surface area contributed by atoms with E-state index in [0.717, 1.165) is 24.0 Å². The van der Waals surface area contributed by atoms with Crippen LogP contribution in [-0.4, -0.2) is 28.8 Å². The maximum atomic E-state index is 12.8. The zero-order valence-corrected chi connectivity index (χ0v) is 16.3. The maximum absolute atomic E-state index is 12.8. The van der Waals surface area contributed by atoms with Crippen molar-refractivity contribution in [1.82, 2.24) is 15.5 Å². The molecular formula is C21H21N3O3S. The molecule has 1 amide bonds. The van der Waals surface area contributed by atoms with E-state index in [2.05, 4.69) is 15.5 Å². The van der Waals surface area contributed by atoms with Crippen LogP contribution < -0.4 is 10.1 Å². The number of thioether (sulfide) groups is 1. The van der Waals surface area contributed by atoms with Crippen LogP contribution in [0.2, 0.25) is 0 Å². The summed E-state index contributed by atoms with van der Waals surface area (Å²) in [6.07, 6.45) is 2.08. The van der Waals surface area contributed by atoms with Crippen LogP contribution in [0.4, 0.5) is 0 Å². The van der Waals surface area contributed by atoms with Crippen LogP contribution in [0.3, 0.4) is 0 Å². The summed E-state index contributed by atoms with van der Waals surface area (Å²) >= 11 is 1.26. The van der Waals surface area contributed by atoms with Crippen molar-refractivity contribution in [1.29, 1.82) is 0 Å². The van der Waals surface area contributed by atoms with E-state index in [1.165, 1.54) is 11.8 Å². The van der Waals surface area contributed by atoms with Gasteiger partial charge in [-0.05, 0) is 49.2 Å². The van der Waals surface area contributed by atoms with E-state index in [-0.39, 0.29) is 11.9 Å². The molecule has 4 rings (SSSR count). The summed E-state index contributed by atoms with van der Waals surface area (Å²) in [4.78, 5) is 12.8. The number of aromatic nitrogens is 2. The highest BCUT2D eigenvalue weighted by molar-refractivity contribution is 8.00. The molecule has 1 aliphatic carbocycles. The van der Waals surface area contributed by atoms with Gasteiger partial charge in [0.1, 0.15) is 11.0 Å². The third-order valence-corrected chi connectivity index (χ3v) is 5.40. The van der Waals surface area contributed by atoms with Crippen LogP contribution in [0.15, 0.2) is 64.2 Å². The summed E-state index contributed by atoms with van der Waals surface area (Å²) in [6.45, 7) is 2.47. The van der Waals surface area contributed by atoms with Gasteiger partial charge in [-0.2, -0.15) is 0 Å². The topological polar surface area (TPSA) is 77.2 Å². The Bertz CT molecular complexity index is 941. The molecule has 0 bridgehead atoms. The average Bonchev–Trinajstić information content (AvgIpc) is 3.41. The largest absolute Gasteiger partial charge is 0.493 e. The third kappa shape index (κ3) is 4.36. The molecular weight excluding hydrogens is 374 g/mol. The highest BCUT2D eigenvalue weighted by Crippen LogP contribution is 2.38. The van der Waals surface area contributed by atoms with Gasteiger partial charge in [0.05, 0.1) is 12.2 Å². The first kappa shape index (κ1) is 18.6. The van der Waals surface area contributed by atoms with Gasteiger partial charge in [0.25, 0.3) is 11.1 Å². The van der Waals surface area contributed by atoms with Crippen molar-refractivity contribution < 1.29 is 13.9 Å². The lowest BCUT2D eigenvalue weighted by Gasteiger charge is -2.14. The lowest BCUT2D eigenvalue weighted by atomic mass is 10.1. The second kappa shape index (κ2) is 8.48. The van der Waals surface area contributed by atoms with E-state index in [1.54, 1.807) is 0 Å². The van der Waals surface area contributed by atoms with Gasteiger partial charge < -0.3 is 14.5 Å². The Morgan fingerprint density at radius 2 is 1.93 bits per heavy atom. The first-order valence-electron chi connectivity index (χ1n) is 9.32. The Balaban J connectivity index is 1.57. The first-order chi connectivity index (χ1) is 13.7. The van der Waals surface area contributed by atoms with Crippen LogP contribution in [0.1, 0.15) is 30.6 Å². The minimum Gasteiger partial charge on any atom is -0.493 e. The number of ether oxygens (including phenoxy) is 1. The predicted octanol–water partition coefficient (Wildman–Crippen LogP) is 4.25. The van der Waals surface area contributed by atoms with Crippen LogP contribution in [-0.2, 0) is 4.79 Å². The van der Waals surface area contributed by atoms with Crippen molar-refractivity contribution >= 4 is 17.7 Å². The number of hydrogen-bond donors (Lipinski definition) is 1. The lowest BCUT2D eigenvalue weighted by Crippen LogP contribution is -2.29. The molecule has 144 valence electrons. The number of amides is 1. The van der Waals surface area contributed by atoms with Gasteiger partial charge in [0, 0.05) is 6.04 Å². The zero-order valence-electron chi connectivity index (χ0n) is 15.5. The zero-order chi connectivity index (χ0) is 19.3. The van der Waals surface area contributed by atoms with Gasteiger partial charge in [-0.3, -0.25) is 4.79 Å². The van der Waals surface area contributed by atoms with Crippen LogP contribution >= 0.6 is 11.8 Å². The molecule has 1 aromatic heterocycles. The van der Waals surface area contributed by atoms with Gasteiger partial charge in [0.2, 0.25) is 5.91 Å². The van der Waals surface area contributed by atoms with Crippen molar-refractivity contribution in [2.45, 2.75) is 36.3 Å². The average molecular weight is 395 g/mol. The highest BCUT2D eigenvalue weighted by atomic mass is 32.2. The van der Waals surface area contributed by atoms with E-state index in [4.69, 9.17) is 9.15 Å². The van der Waals surface area contributed by atoms with E-state index >= 15 is 0 Å². The van der Waals surface area contributed by atoms with E-state index in [1.807, 2.05) is 61.5 Å². The molecule has 0 saturated heterocycles. The van der Waals surface area contributed by atoms with Crippen LogP contribution in [0.25, 0.3) is 11.5 Å². The summed E-state index contributed by atoms with van der Waals surface area (Å²) in [5.41, 5.74) is 1.64. The van der Waals surface area contributed by atoms with Crippen molar-refractivity contribution in [2.75, 3.05) is 6.61 Å². The van der Waals surface area contributed by atoms with Crippen molar-refractivity contribution in [3.8, 4) is 17.2 Å². The number of rotatable bonds is 8. The lowest BCUT2D eigenvalue weighted by molar-refractivity contribution is -0.120. The summed E-state index contributed by atoms with van der Waals surface area (Å²) in [5, 5.41) is 11.3. The second-order valence-electron chi connectivity index (χ2n) is 6.49. The standard InChI is InChI=1S/C21H21N3O3S/c1-2-26-17-11-7-6-10-16(17)20-23-24-21(27-20)28-18(14-8-4-3-5-9-14)19(25)22-15-12-13-15/h3-11,15,18H,2,12-13H2,1H3,(H,22,25). The minimum atomic E-state index is -0.447. The third-order valence-electron chi connectivity index (χ3n) is 4.31. The van der Waals surface area contributed by atoms with Gasteiger partial charge in [-0.1, -0.05) is 42.5 Å². The molecule has 1 fully saturated rings. The SMILES string of the molecule is CCOc1ccccc1-c1nnc(SC(C(=O)NC2CC2)c2ccccc2)o1. The van der Waals surface area contributed by atoms with Crippen LogP contribution in [0.5, 0.6) is 5.75 Å². The molecule has 0 spiro atoms. The molecule has 1 unspecified atom stereocenters. The molecule has 1 N–H and O–H groups in total. The molecule has 7 heteroatoms. The second-order valence-corrected chi connectivity index (χ2v) is 7.55. The monoisotopic (exact) mass is 395 g/mol. The fourth-order valence-corrected chi connectivity index (χ4v) is 3.68. The molecule has 1 aliphatic rings. The Morgan fingerprint density at radius 3 is 2.68 bits per heavy atom. The molecule has 28 heavy (non-hydrogen) atoms. The quantitative estimate of drug-likeness (QED) is 0.575. The normalized spacial score (nSPS) is 14.5. The number of carbonyl (C=O) groups is 1. The summed E-state index contributed by atoms with van der Waals surface area (Å²) in [5.74, 6) is 1.03. The molecule has 0 aliphatic heterocycles. The van der Waals surface area contributed by atoms with Crippen molar-refractivity contribution in [3.05, 3.63) is 60.2 Å². The Hall–Kier alpha value is -2.80. The van der Waals surface area contributed by atoms with E-state index in [0.29, 0.717) is 23.5 Å². The van der Waals surface area contributed by atoms with Crippen molar-refractivity contribution in [3.63, 3.8) is 0 Å². The van der Waals surface area contributed by atoms with Gasteiger partial charge in [-0.15, -0.1) is 10.2 Å². The Kier molecular flexibility index (Phi) is 5.62. The number of hydrogen-bond acceptors (Lipinski definition) is 6. The summed E-state index contributed by atoms with van der Waals surface area (Å²) in [6, 6.07) is 17.5. The van der Waals surface area contributed by atoms with Crippen LogP contribution in [0, 0.1) is 0 Å². The summed E-state index contributed by atoms with van der Waals surface area (Å²) < 4.78 is 11.5. The minimum absolute atomic E-state index is 0.0341. The fraction of sp³-hybridized carbons (Fsp3) is 0.286. The smallest absolute Gasteiger partial charge is 0.277 e. The Labute approximate surface area is 167 Å². The number of nitrogens with zero attached hydrogens (tertiary/aromatic N) is 2. The molecule has 2 aromatic carbocycles. The molecule has 1 atom stereocenters. The number of nitrogens with one attached hydrogen (secondary N) is 1. The molecule has 3 aromatic rings. The summed E-state index contributed by atoms with van der Waals surface area (Å²) in [7, 11) is 0. The van der Waals surface area contributed by atoms with Gasteiger partial charge in [-0.25, -0.2) is 0 Å². The van der Waals surface area contributed by atoms with Gasteiger partial charge in [0.15, 0.2) is 0 Å². The first-order valence-corrected chi connectivity index (χ1v) is 10.2. The Morgan fingerprint density at radius 1 is 1.18 bits per heavy atom. The molecule has 1 saturated carbocycles. The highest BCUT2D eigenvalue weighted by Gasteiger charge is 2.30. The molecule has 6 nitrogen and oxygen atoms in total.